The van der Waals surface area contributed by atoms with Crippen molar-refractivity contribution in [3.63, 3.8) is 0 Å². The summed E-state index contributed by atoms with van der Waals surface area (Å²) >= 11 is 0. The highest BCUT2D eigenvalue weighted by Crippen LogP contribution is 2.37. The van der Waals surface area contributed by atoms with Gasteiger partial charge in [-0.15, -0.1) is 0 Å². The molecule has 1 aromatic rings. The number of nitrogens with two attached hydrogens (primary N) is 1. The molecule has 1 aliphatic carbocycles. The van der Waals surface area contributed by atoms with Gasteiger partial charge in [0, 0.05) is 18.6 Å². The molecule has 100 valence electrons. The second-order valence-electron chi connectivity index (χ2n) is 5.74. The van der Waals surface area contributed by atoms with E-state index in [0.717, 1.165) is 24.8 Å². The van der Waals surface area contributed by atoms with Gasteiger partial charge in [-0.3, -0.25) is 0 Å². The summed E-state index contributed by atoms with van der Waals surface area (Å²) in [6, 6.07) is 0.0783. The van der Waals surface area contributed by atoms with E-state index in [2.05, 4.69) is 17.1 Å². The van der Waals surface area contributed by atoms with Crippen molar-refractivity contribution in [3.8, 4) is 0 Å². The molecule has 0 radical (unpaired) electrons. The van der Waals surface area contributed by atoms with Crippen LogP contribution in [0, 0.1) is 5.92 Å². The van der Waals surface area contributed by atoms with Crippen molar-refractivity contribution >= 4 is 0 Å². The van der Waals surface area contributed by atoms with Crippen LogP contribution in [0.1, 0.15) is 56.2 Å². The smallest absolute Gasteiger partial charge is 0.233 e. The minimum atomic E-state index is 0.0684. The van der Waals surface area contributed by atoms with Crippen molar-refractivity contribution in [1.29, 1.82) is 0 Å². The largest absolute Gasteiger partial charge is 0.381 e. The molecule has 1 aliphatic heterocycles. The number of hydrogen-bond acceptors (Lipinski definition) is 5. The van der Waals surface area contributed by atoms with Crippen molar-refractivity contribution in [1.82, 2.24) is 10.1 Å². The average molecular weight is 251 g/mol. The molecule has 1 aromatic heterocycles. The van der Waals surface area contributed by atoms with Crippen molar-refractivity contribution in [2.45, 2.75) is 50.5 Å². The van der Waals surface area contributed by atoms with E-state index in [4.69, 9.17) is 15.0 Å². The molecule has 0 spiro atoms. The molecule has 0 amide bonds. The maximum absolute atomic E-state index is 6.09. The van der Waals surface area contributed by atoms with E-state index in [-0.39, 0.29) is 12.0 Å². The summed E-state index contributed by atoms with van der Waals surface area (Å²) in [4.78, 5) is 4.56. The maximum Gasteiger partial charge on any atom is 0.233 e. The number of rotatable bonds is 2. The molecule has 2 N–H and O–H groups in total. The van der Waals surface area contributed by atoms with E-state index >= 15 is 0 Å². The van der Waals surface area contributed by atoms with Gasteiger partial charge in [-0.1, -0.05) is 12.1 Å². The van der Waals surface area contributed by atoms with Gasteiger partial charge >= 0.3 is 0 Å². The van der Waals surface area contributed by atoms with Gasteiger partial charge in [0.2, 0.25) is 5.89 Å². The van der Waals surface area contributed by atoms with Crippen LogP contribution in [-0.4, -0.2) is 29.4 Å². The summed E-state index contributed by atoms with van der Waals surface area (Å²) < 4.78 is 10.9. The second kappa shape index (κ2) is 4.97. The Labute approximate surface area is 107 Å². The fraction of sp³-hybridized carbons (Fsp3) is 0.846. The second-order valence-corrected chi connectivity index (χ2v) is 5.74. The maximum atomic E-state index is 6.09. The minimum absolute atomic E-state index is 0.0684. The Morgan fingerprint density at radius 3 is 2.89 bits per heavy atom. The van der Waals surface area contributed by atoms with Gasteiger partial charge in [0.05, 0.1) is 12.5 Å². The first-order valence-electron chi connectivity index (χ1n) is 6.91. The van der Waals surface area contributed by atoms with Crippen LogP contribution in [0.3, 0.4) is 0 Å². The lowest BCUT2D eigenvalue weighted by Gasteiger charge is -2.25. The molecule has 0 aromatic carbocycles. The number of aromatic nitrogens is 2. The standard InChI is InChI=1S/C13H21N3O2/c1-8-2-3-9(6-8)12-15-13(18-16-12)10-7-17-5-4-11(10)14/h8-11H,2-7,14H2,1H3. The zero-order chi connectivity index (χ0) is 12.5. The average Bonchev–Trinajstić information content (AvgIpc) is 2.98. The van der Waals surface area contributed by atoms with E-state index < -0.39 is 0 Å². The lowest BCUT2D eigenvalue weighted by molar-refractivity contribution is 0.0590. The molecular formula is C13H21N3O2. The first kappa shape index (κ1) is 12.1. The Bertz CT molecular complexity index is 407. The third kappa shape index (κ3) is 2.29. The van der Waals surface area contributed by atoms with Crippen LogP contribution < -0.4 is 5.73 Å². The predicted molar refractivity (Wildman–Crippen MR) is 66.2 cm³/mol. The Kier molecular flexibility index (Phi) is 3.35. The van der Waals surface area contributed by atoms with Gasteiger partial charge in [0.15, 0.2) is 5.82 Å². The molecule has 1 saturated carbocycles. The van der Waals surface area contributed by atoms with Gasteiger partial charge in [0.1, 0.15) is 0 Å². The van der Waals surface area contributed by atoms with Crippen LogP contribution in [0.2, 0.25) is 0 Å². The molecule has 0 bridgehead atoms. The third-order valence-corrected chi connectivity index (χ3v) is 4.24. The molecule has 2 heterocycles. The van der Waals surface area contributed by atoms with Crippen molar-refractivity contribution in [2.24, 2.45) is 11.7 Å². The molecule has 5 nitrogen and oxygen atoms in total. The number of hydrogen-bond donors (Lipinski definition) is 1. The molecular weight excluding hydrogens is 230 g/mol. The quantitative estimate of drug-likeness (QED) is 0.867. The normalized spacial score (nSPS) is 37.0. The third-order valence-electron chi connectivity index (χ3n) is 4.24. The van der Waals surface area contributed by atoms with Crippen LogP contribution in [0.15, 0.2) is 4.52 Å². The Hall–Kier alpha value is -0.940. The van der Waals surface area contributed by atoms with Gasteiger partial charge in [0.25, 0.3) is 0 Å². The van der Waals surface area contributed by atoms with Gasteiger partial charge < -0.3 is 15.0 Å². The molecule has 18 heavy (non-hydrogen) atoms. The van der Waals surface area contributed by atoms with Gasteiger partial charge in [-0.05, 0) is 31.6 Å². The van der Waals surface area contributed by atoms with E-state index in [1.165, 1.54) is 19.3 Å². The van der Waals surface area contributed by atoms with Crippen LogP contribution in [0.25, 0.3) is 0 Å². The SMILES string of the molecule is CC1CCC(c2noc(C3COCCC3N)n2)C1. The van der Waals surface area contributed by atoms with Crippen LogP contribution in [0.5, 0.6) is 0 Å². The highest BCUT2D eigenvalue weighted by molar-refractivity contribution is 5.04. The van der Waals surface area contributed by atoms with E-state index in [0.29, 0.717) is 18.4 Å². The van der Waals surface area contributed by atoms with Crippen molar-refractivity contribution < 1.29 is 9.26 Å². The van der Waals surface area contributed by atoms with Gasteiger partial charge in [-0.25, -0.2) is 0 Å². The summed E-state index contributed by atoms with van der Waals surface area (Å²) in [5, 5.41) is 4.15. The first-order valence-corrected chi connectivity index (χ1v) is 6.91. The Morgan fingerprint density at radius 1 is 1.28 bits per heavy atom. The van der Waals surface area contributed by atoms with Gasteiger partial charge in [-0.2, -0.15) is 4.98 Å². The van der Waals surface area contributed by atoms with Crippen molar-refractivity contribution in [2.75, 3.05) is 13.2 Å². The lowest BCUT2D eigenvalue weighted by atomic mass is 9.96. The van der Waals surface area contributed by atoms with E-state index in [9.17, 15) is 0 Å². The number of ether oxygens (including phenoxy) is 1. The van der Waals surface area contributed by atoms with Crippen molar-refractivity contribution in [3.05, 3.63) is 11.7 Å². The fourth-order valence-electron chi connectivity index (χ4n) is 3.01. The summed E-state index contributed by atoms with van der Waals surface area (Å²) in [6.07, 6.45) is 4.48. The topological polar surface area (TPSA) is 74.2 Å². The van der Waals surface area contributed by atoms with E-state index in [1.54, 1.807) is 0 Å². The molecule has 2 aliphatic rings. The molecule has 5 heteroatoms. The first-order chi connectivity index (χ1) is 8.74. The van der Waals surface area contributed by atoms with Crippen LogP contribution in [0.4, 0.5) is 0 Å². The summed E-state index contributed by atoms with van der Waals surface area (Å²) in [5.41, 5.74) is 6.09. The fourth-order valence-corrected chi connectivity index (χ4v) is 3.01. The minimum Gasteiger partial charge on any atom is -0.381 e. The molecule has 3 rings (SSSR count). The Morgan fingerprint density at radius 2 is 2.17 bits per heavy atom. The van der Waals surface area contributed by atoms with Crippen LogP contribution in [-0.2, 0) is 4.74 Å². The Balaban J connectivity index is 1.72. The van der Waals surface area contributed by atoms with Crippen LogP contribution >= 0.6 is 0 Å². The zero-order valence-corrected chi connectivity index (χ0v) is 10.8. The predicted octanol–water partition coefficient (Wildman–Crippen LogP) is 1.80. The lowest BCUT2D eigenvalue weighted by Crippen LogP contribution is -2.37. The molecule has 2 fully saturated rings. The summed E-state index contributed by atoms with van der Waals surface area (Å²) in [7, 11) is 0. The monoisotopic (exact) mass is 251 g/mol. The summed E-state index contributed by atoms with van der Waals surface area (Å²) in [6.45, 7) is 3.62. The highest BCUT2D eigenvalue weighted by Gasteiger charge is 2.32. The molecule has 4 atom stereocenters. The molecule has 1 saturated heterocycles. The highest BCUT2D eigenvalue weighted by atomic mass is 16.5. The summed E-state index contributed by atoms with van der Waals surface area (Å²) in [5.74, 6) is 2.85. The van der Waals surface area contributed by atoms with E-state index in [1.807, 2.05) is 0 Å². The zero-order valence-electron chi connectivity index (χ0n) is 10.8. The molecule has 4 unspecified atom stereocenters. The number of nitrogens with zero attached hydrogens (tertiary/aromatic N) is 2.